The van der Waals surface area contributed by atoms with Crippen LogP contribution in [-0.2, 0) is 19.1 Å². The number of benzene rings is 2. The SMILES string of the molecule is CNC(=O)c1cc2c(Oc3ncc(NC(=O)C4(C(=O)Nc5ccc(F)cc5)CC4)cc3F)ccnc2cc1OCCOC(C)=O. The van der Waals surface area contributed by atoms with Gasteiger partial charge < -0.3 is 30.2 Å². The molecule has 0 bridgehead atoms. The van der Waals surface area contributed by atoms with Crippen LogP contribution in [0.5, 0.6) is 17.4 Å². The number of hydrogen-bond acceptors (Lipinski definition) is 9. The monoisotopic (exact) mass is 619 g/mol. The van der Waals surface area contributed by atoms with Crippen LogP contribution in [-0.4, -0.2) is 53.9 Å². The molecule has 0 unspecified atom stereocenters. The van der Waals surface area contributed by atoms with Crippen LogP contribution in [0, 0.1) is 17.0 Å². The van der Waals surface area contributed by atoms with Crippen molar-refractivity contribution in [3.05, 3.63) is 78.1 Å². The third kappa shape index (κ3) is 6.95. The number of ether oxygens (including phenoxy) is 3. The lowest BCUT2D eigenvalue weighted by molar-refractivity contribution is -0.141. The summed E-state index contributed by atoms with van der Waals surface area (Å²) in [5, 5.41) is 8.00. The van der Waals surface area contributed by atoms with Crippen molar-refractivity contribution in [2.75, 3.05) is 30.9 Å². The fraction of sp³-hybridized carbons (Fsp3) is 0.226. The number of nitrogens with zero attached hydrogens (tertiary/aromatic N) is 2. The molecule has 2 aromatic heterocycles. The molecule has 0 aliphatic heterocycles. The molecule has 12 nitrogen and oxygen atoms in total. The van der Waals surface area contributed by atoms with Crippen molar-refractivity contribution in [3.63, 3.8) is 0 Å². The van der Waals surface area contributed by atoms with E-state index < -0.39 is 46.6 Å². The molecule has 0 radical (unpaired) electrons. The molecule has 0 spiro atoms. The van der Waals surface area contributed by atoms with E-state index in [1.54, 1.807) is 0 Å². The first kappa shape index (κ1) is 30.8. The van der Waals surface area contributed by atoms with Crippen LogP contribution in [0.15, 0.2) is 60.9 Å². The van der Waals surface area contributed by atoms with Crippen LogP contribution in [0.2, 0.25) is 0 Å². The Morgan fingerprint density at radius 1 is 0.889 bits per heavy atom. The second kappa shape index (κ2) is 12.9. The van der Waals surface area contributed by atoms with Crippen molar-refractivity contribution < 1.29 is 42.2 Å². The standard InChI is InChI=1S/C31H27F2N5O7/c1-17(39)43-11-12-44-26-15-24-21(14-22(26)27(40)34-2)25(7-10-35-24)45-28-23(33)13-20(16-36-28)38-30(42)31(8-9-31)29(41)37-19-5-3-18(32)4-6-19/h3-7,10,13-16H,8-9,11-12H2,1-2H3,(H,34,40)(H,37,41)(H,38,42). The van der Waals surface area contributed by atoms with Gasteiger partial charge in [-0.05, 0) is 49.2 Å². The minimum absolute atomic E-state index is 0.00254. The second-order valence-corrected chi connectivity index (χ2v) is 10.1. The number of rotatable bonds is 11. The average molecular weight is 620 g/mol. The zero-order valence-electron chi connectivity index (χ0n) is 24.1. The molecular formula is C31H27F2N5O7. The summed E-state index contributed by atoms with van der Waals surface area (Å²) in [6.07, 6.45) is 3.17. The number of hydrogen-bond donors (Lipinski definition) is 3. The van der Waals surface area contributed by atoms with E-state index in [1.165, 1.54) is 68.8 Å². The first-order valence-corrected chi connectivity index (χ1v) is 13.7. The van der Waals surface area contributed by atoms with Crippen molar-refractivity contribution in [1.82, 2.24) is 15.3 Å². The number of halogens is 2. The van der Waals surface area contributed by atoms with Gasteiger partial charge in [-0.25, -0.2) is 13.8 Å². The van der Waals surface area contributed by atoms with E-state index in [0.29, 0.717) is 16.6 Å². The number of carbonyl (C=O) groups excluding carboxylic acids is 4. The third-order valence-corrected chi connectivity index (χ3v) is 6.91. The Bertz CT molecular complexity index is 1800. The fourth-order valence-electron chi connectivity index (χ4n) is 4.40. The maximum atomic E-state index is 15.1. The molecule has 4 aromatic rings. The number of pyridine rings is 2. The summed E-state index contributed by atoms with van der Waals surface area (Å²) in [7, 11) is 1.44. The van der Waals surface area contributed by atoms with Crippen LogP contribution in [0.4, 0.5) is 20.2 Å². The summed E-state index contributed by atoms with van der Waals surface area (Å²) in [6, 6.07) is 10.6. The number of carbonyl (C=O) groups is 4. The largest absolute Gasteiger partial charge is 0.489 e. The van der Waals surface area contributed by atoms with E-state index in [4.69, 9.17) is 14.2 Å². The highest BCUT2D eigenvalue weighted by atomic mass is 19.1. The Balaban J connectivity index is 1.31. The van der Waals surface area contributed by atoms with E-state index in [2.05, 4.69) is 25.9 Å². The fourth-order valence-corrected chi connectivity index (χ4v) is 4.40. The van der Waals surface area contributed by atoms with Crippen LogP contribution >= 0.6 is 0 Å². The molecule has 3 amide bonds. The highest BCUT2D eigenvalue weighted by molar-refractivity contribution is 6.16. The molecule has 1 fully saturated rings. The van der Waals surface area contributed by atoms with Crippen LogP contribution in [0.25, 0.3) is 10.9 Å². The average Bonchev–Trinajstić information content (AvgIpc) is 3.84. The Kier molecular flexibility index (Phi) is 8.83. The molecule has 1 aliphatic carbocycles. The van der Waals surface area contributed by atoms with Crippen molar-refractivity contribution in [2.24, 2.45) is 5.41 Å². The van der Waals surface area contributed by atoms with Crippen LogP contribution in [0.1, 0.15) is 30.1 Å². The molecule has 2 aromatic carbocycles. The Morgan fingerprint density at radius 3 is 2.24 bits per heavy atom. The molecular weight excluding hydrogens is 592 g/mol. The molecule has 3 N–H and O–H groups in total. The van der Waals surface area contributed by atoms with Crippen molar-refractivity contribution >= 4 is 46.0 Å². The summed E-state index contributed by atoms with van der Waals surface area (Å²) >= 11 is 0. The molecule has 45 heavy (non-hydrogen) atoms. The van der Waals surface area contributed by atoms with Crippen molar-refractivity contribution in [3.8, 4) is 17.4 Å². The zero-order chi connectivity index (χ0) is 32.1. The minimum atomic E-state index is -1.35. The minimum Gasteiger partial charge on any atom is -0.489 e. The van der Waals surface area contributed by atoms with Crippen molar-refractivity contribution in [2.45, 2.75) is 19.8 Å². The number of aromatic nitrogens is 2. The number of fused-ring (bicyclic) bond motifs is 1. The lowest BCUT2D eigenvalue weighted by Gasteiger charge is -2.16. The van der Waals surface area contributed by atoms with Gasteiger partial charge in [0.15, 0.2) is 5.82 Å². The summed E-state index contributed by atoms with van der Waals surface area (Å²) < 4.78 is 44.6. The number of anilines is 2. The molecule has 0 saturated heterocycles. The molecule has 5 rings (SSSR count). The normalized spacial score (nSPS) is 13.0. The van der Waals surface area contributed by atoms with Gasteiger partial charge in [-0.3, -0.25) is 24.2 Å². The predicted molar refractivity (Wildman–Crippen MR) is 157 cm³/mol. The third-order valence-electron chi connectivity index (χ3n) is 6.91. The van der Waals surface area contributed by atoms with Gasteiger partial charge in [0.05, 0.1) is 23.0 Å². The molecule has 1 saturated carbocycles. The van der Waals surface area contributed by atoms with E-state index >= 15 is 4.39 Å². The Morgan fingerprint density at radius 2 is 1.60 bits per heavy atom. The van der Waals surface area contributed by atoms with Gasteiger partial charge in [-0.1, -0.05) is 0 Å². The van der Waals surface area contributed by atoms with Gasteiger partial charge in [-0.15, -0.1) is 0 Å². The van der Waals surface area contributed by atoms with Gasteiger partial charge in [0.2, 0.25) is 11.8 Å². The molecule has 14 heteroatoms. The molecule has 1 aliphatic rings. The van der Waals surface area contributed by atoms with Crippen LogP contribution < -0.4 is 25.4 Å². The van der Waals surface area contributed by atoms with E-state index in [0.717, 1.165) is 6.07 Å². The topological polar surface area (TPSA) is 158 Å². The number of esters is 1. The second-order valence-electron chi connectivity index (χ2n) is 10.1. The number of amides is 3. The maximum Gasteiger partial charge on any atom is 0.302 e. The quantitative estimate of drug-likeness (QED) is 0.126. The highest BCUT2D eigenvalue weighted by Gasteiger charge is 2.56. The van der Waals surface area contributed by atoms with Gasteiger partial charge >= 0.3 is 5.97 Å². The van der Waals surface area contributed by atoms with Crippen molar-refractivity contribution in [1.29, 1.82) is 0 Å². The first-order valence-electron chi connectivity index (χ1n) is 13.7. The smallest absolute Gasteiger partial charge is 0.302 e. The van der Waals surface area contributed by atoms with Gasteiger partial charge in [0, 0.05) is 43.4 Å². The molecule has 2 heterocycles. The zero-order valence-corrected chi connectivity index (χ0v) is 24.1. The highest BCUT2D eigenvalue weighted by Crippen LogP contribution is 2.47. The summed E-state index contributed by atoms with van der Waals surface area (Å²) in [4.78, 5) is 57.7. The van der Waals surface area contributed by atoms with Gasteiger partial charge in [-0.2, -0.15) is 0 Å². The summed E-state index contributed by atoms with van der Waals surface area (Å²) in [5.41, 5.74) is -0.511. The maximum absolute atomic E-state index is 15.1. The summed E-state index contributed by atoms with van der Waals surface area (Å²) in [5.74, 6) is -3.61. The molecule has 232 valence electrons. The van der Waals surface area contributed by atoms with Crippen LogP contribution in [0.3, 0.4) is 0 Å². The van der Waals surface area contributed by atoms with Gasteiger partial charge in [0.1, 0.15) is 35.9 Å². The number of nitrogens with one attached hydrogen (secondary N) is 3. The lowest BCUT2D eigenvalue weighted by atomic mass is 10.0. The Hall–Kier alpha value is -5.66. The Labute approximate surface area is 255 Å². The van der Waals surface area contributed by atoms with E-state index in [1.807, 2.05) is 0 Å². The lowest BCUT2D eigenvalue weighted by Crippen LogP contribution is -2.35. The summed E-state index contributed by atoms with van der Waals surface area (Å²) in [6.45, 7) is 1.23. The molecule has 0 atom stereocenters. The predicted octanol–water partition coefficient (Wildman–Crippen LogP) is 4.36. The van der Waals surface area contributed by atoms with Gasteiger partial charge in [0.25, 0.3) is 11.8 Å². The first-order chi connectivity index (χ1) is 21.6. The van der Waals surface area contributed by atoms with E-state index in [9.17, 15) is 23.6 Å². The van der Waals surface area contributed by atoms with E-state index in [-0.39, 0.29) is 48.8 Å².